The maximum absolute atomic E-state index is 3.72. The van der Waals surface area contributed by atoms with Crippen molar-refractivity contribution in [3.05, 3.63) is 214 Å². The van der Waals surface area contributed by atoms with Crippen LogP contribution < -0.4 is 4.90 Å². The second-order valence-electron chi connectivity index (χ2n) is 14.6. The monoisotopic (exact) mass is 761 g/mol. The Labute approximate surface area is 328 Å². The lowest BCUT2D eigenvalue weighted by Crippen LogP contribution is -2.34. The van der Waals surface area contributed by atoms with Gasteiger partial charge in [0.15, 0.2) is 0 Å². The number of nitrogens with zero attached hydrogens (tertiary/aromatic N) is 1. The van der Waals surface area contributed by atoms with Crippen LogP contribution in [0.25, 0.3) is 27.8 Å². The first-order valence-electron chi connectivity index (χ1n) is 19.4. The molecule has 9 rings (SSSR count). The number of fused-ring (bicyclic) bond motifs is 7. The minimum Gasteiger partial charge on any atom is -0.310 e. The molecule has 3 unspecified atom stereocenters. The number of benzene rings is 6. The molecule has 3 aliphatic carbocycles. The van der Waals surface area contributed by atoms with Gasteiger partial charge in [-0.2, -0.15) is 0 Å². The Balaban J connectivity index is 1.31. The zero-order chi connectivity index (χ0) is 36.6. The fraction of sp³-hybridized carbons (Fsp3) is 0.154. The van der Waals surface area contributed by atoms with Crippen molar-refractivity contribution in [2.75, 3.05) is 4.90 Å². The van der Waals surface area contributed by atoms with Crippen molar-refractivity contribution in [1.29, 1.82) is 0 Å². The topological polar surface area (TPSA) is 3.24 Å². The number of rotatable bonds is 8. The van der Waals surface area contributed by atoms with Gasteiger partial charge in [0.05, 0.1) is 5.69 Å². The molecule has 0 radical (unpaired) electrons. The largest absolute Gasteiger partial charge is 0.310 e. The maximum atomic E-state index is 3.72. The molecule has 54 heavy (non-hydrogen) atoms. The molecule has 0 N–H and O–H groups in total. The van der Waals surface area contributed by atoms with Crippen LogP contribution in [0.1, 0.15) is 61.3 Å². The Hall–Kier alpha value is -5.44. The lowest BCUT2D eigenvalue weighted by Gasteiger charge is -2.38. The van der Waals surface area contributed by atoms with Crippen molar-refractivity contribution in [2.45, 2.75) is 44.4 Å². The summed E-state index contributed by atoms with van der Waals surface area (Å²) in [6, 6.07) is 53.9. The fourth-order valence-electron chi connectivity index (χ4n) is 9.73. The average Bonchev–Trinajstić information content (AvgIpc) is 3.51. The summed E-state index contributed by atoms with van der Waals surface area (Å²) in [5.41, 5.74) is 16.8. The molecule has 0 amide bonds. The molecule has 0 fully saturated rings. The number of halogens is 1. The van der Waals surface area contributed by atoms with Crippen LogP contribution in [0.3, 0.4) is 0 Å². The Morgan fingerprint density at radius 1 is 0.667 bits per heavy atom. The Morgan fingerprint density at radius 2 is 1.37 bits per heavy atom. The van der Waals surface area contributed by atoms with E-state index in [1.165, 1.54) is 55.8 Å². The lowest BCUT2D eigenvalue weighted by molar-refractivity contribution is 0.377. The van der Waals surface area contributed by atoms with E-state index in [-0.39, 0.29) is 11.3 Å². The van der Waals surface area contributed by atoms with E-state index in [0.29, 0.717) is 5.92 Å². The summed E-state index contributed by atoms with van der Waals surface area (Å²) in [7, 11) is 0. The molecule has 0 heterocycles. The highest BCUT2D eigenvalue weighted by Crippen LogP contribution is 2.67. The number of anilines is 3. The summed E-state index contributed by atoms with van der Waals surface area (Å²) in [5.74, 6) is 0.581. The van der Waals surface area contributed by atoms with Gasteiger partial charge in [0.2, 0.25) is 0 Å². The summed E-state index contributed by atoms with van der Waals surface area (Å²) >= 11 is 3.72. The van der Waals surface area contributed by atoms with E-state index in [4.69, 9.17) is 0 Å². The molecule has 6 aromatic carbocycles. The van der Waals surface area contributed by atoms with Crippen LogP contribution in [0, 0.1) is 5.92 Å². The number of hydrogen-bond donors (Lipinski definition) is 0. The third-order valence-electron chi connectivity index (χ3n) is 11.8. The van der Waals surface area contributed by atoms with E-state index >= 15 is 0 Å². The van der Waals surface area contributed by atoms with Crippen LogP contribution in [0.5, 0.6) is 0 Å². The van der Waals surface area contributed by atoms with Crippen molar-refractivity contribution in [2.24, 2.45) is 5.92 Å². The van der Waals surface area contributed by atoms with Crippen LogP contribution in [-0.2, 0) is 5.41 Å². The minimum absolute atomic E-state index is 0.227. The van der Waals surface area contributed by atoms with Gasteiger partial charge < -0.3 is 4.90 Å². The zero-order valence-electron chi connectivity index (χ0n) is 30.9. The molecule has 0 aliphatic heterocycles. The molecule has 3 atom stereocenters. The first-order chi connectivity index (χ1) is 26.6. The highest BCUT2D eigenvalue weighted by atomic mass is 79.9. The minimum atomic E-state index is -0.227. The smallest absolute Gasteiger partial charge is 0.0502 e. The first-order valence-corrected chi connectivity index (χ1v) is 20.2. The standard InChI is InChI=1S/C52H44BrN/c1-3-5-23-43-44-24-12-13-27-47(44)52(46(43)4-2)48-26-11-7-10-25-45(48)51-49(52)28-16-29-50(51)54(41-32-30-37(31-33-41)36-17-8-6-9-18-36)42-22-15-20-39(35-42)38-19-14-21-40(53)34-38/h5-25,27-35,45,48H,3-4,26H2,1-2H3/b23-5-. The fourth-order valence-corrected chi connectivity index (χ4v) is 10.1. The van der Waals surface area contributed by atoms with E-state index in [1.54, 1.807) is 5.57 Å². The van der Waals surface area contributed by atoms with Crippen LogP contribution in [0.4, 0.5) is 17.1 Å². The van der Waals surface area contributed by atoms with E-state index in [0.717, 1.165) is 35.1 Å². The van der Waals surface area contributed by atoms with Crippen molar-refractivity contribution in [1.82, 2.24) is 0 Å². The molecule has 264 valence electrons. The Bertz CT molecular complexity index is 2470. The lowest BCUT2D eigenvalue weighted by atomic mass is 9.64. The third-order valence-corrected chi connectivity index (χ3v) is 12.3. The molecule has 0 bridgehead atoms. The Morgan fingerprint density at radius 3 is 2.17 bits per heavy atom. The first kappa shape index (κ1) is 34.3. The summed E-state index contributed by atoms with van der Waals surface area (Å²) in [4.78, 5) is 2.52. The highest BCUT2D eigenvalue weighted by molar-refractivity contribution is 9.10. The van der Waals surface area contributed by atoms with Crippen molar-refractivity contribution in [3.8, 4) is 22.3 Å². The quantitative estimate of drug-likeness (QED) is 0.149. The second-order valence-corrected chi connectivity index (χ2v) is 15.6. The highest BCUT2D eigenvalue weighted by Gasteiger charge is 2.58. The zero-order valence-corrected chi connectivity index (χ0v) is 32.5. The van der Waals surface area contributed by atoms with Gasteiger partial charge in [-0.05, 0) is 123 Å². The number of hydrogen-bond acceptors (Lipinski definition) is 1. The van der Waals surface area contributed by atoms with Gasteiger partial charge in [0.25, 0.3) is 0 Å². The molecular formula is C52H44BrN. The average molecular weight is 763 g/mol. The molecule has 0 aromatic heterocycles. The van der Waals surface area contributed by atoms with E-state index in [1.807, 2.05) is 0 Å². The third kappa shape index (κ3) is 5.58. The maximum Gasteiger partial charge on any atom is 0.0502 e. The molecule has 0 saturated carbocycles. The van der Waals surface area contributed by atoms with Crippen molar-refractivity contribution >= 4 is 38.6 Å². The summed E-state index contributed by atoms with van der Waals surface area (Å²) in [6.45, 7) is 4.61. The van der Waals surface area contributed by atoms with Crippen molar-refractivity contribution < 1.29 is 0 Å². The summed E-state index contributed by atoms with van der Waals surface area (Å²) in [5, 5.41) is 0. The molecule has 6 aromatic rings. The Kier molecular flexibility index (Phi) is 9.17. The molecule has 3 aliphatic rings. The van der Waals surface area contributed by atoms with Gasteiger partial charge in [0, 0.05) is 27.2 Å². The second kappa shape index (κ2) is 14.4. The van der Waals surface area contributed by atoms with E-state index in [2.05, 4.69) is 217 Å². The molecule has 2 heteroatoms. The predicted molar refractivity (Wildman–Crippen MR) is 233 cm³/mol. The molecular weight excluding hydrogens is 718 g/mol. The molecule has 0 saturated heterocycles. The molecule has 1 nitrogen and oxygen atoms in total. The van der Waals surface area contributed by atoms with Crippen LogP contribution >= 0.6 is 15.9 Å². The van der Waals surface area contributed by atoms with Gasteiger partial charge in [0.1, 0.15) is 0 Å². The van der Waals surface area contributed by atoms with Gasteiger partial charge in [-0.1, -0.05) is 169 Å². The van der Waals surface area contributed by atoms with Crippen LogP contribution in [-0.4, -0.2) is 0 Å². The molecule has 1 spiro atoms. The summed E-state index contributed by atoms with van der Waals surface area (Å²) in [6.07, 6.45) is 17.3. The van der Waals surface area contributed by atoms with Gasteiger partial charge >= 0.3 is 0 Å². The normalized spacial score (nSPS) is 19.6. The summed E-state index contributed by atoms with van der Waals surface area (Å²) < 4.78 is 1.08. The number of allylic oxidation sites excluding steroid dienone is 8. The van der Waals surface area contributed by atoms with Crippen molar-refractivity contribution in [3.63, 3.8) is 0 Å². The van der Waals surface area contributed by atoms with Gasteiger partial charge in [-0.3, -0.25) is 0 Å². The predicted octanol–water partition coefficient (Wildman–Crippen LogP) is 14.9. The van der Waals surface area contributed by atoms with Gasteiger partial charge in [-0.15, -0.1) is 0 Å². The van der Waals surface area contributed by atoms with Crippen LogP contribution in [0.2, 0.25) is 0 Å². The SMILES string of the molecule is CC/C=C\C1=C(CC)C2(c3ccccc31)c1cccc(N(c3ccc(-c4ccccc4)cc3)c3cccc(-c4cccc(Br)c4)c3)c1C1C=CC=CCC12. The van der Waals surface area contributed by atoms with Crippen LogP contribution in [0.15, 0.2) is 192 Å². The van der Waals surface area contributed by atoms with E-state index < -0.39 is 0 Å². The van der Waals surface area contributed by atoms with E-state index in [9.17, 15) is 0 Å². The van der Waals surface area contributed by atoms with Gasteiger partial charge in [-0.25, -0.2) is 0 Å².